The van der Waals surface area contributed by atoms with Crippen molar-refractivity contribution in [2.45, 2.75) is 45.3 Å². The lowest BCUT2D eigenvalue weighted by atomic mass is 10.1. The number of ether oxygens (including phenoxy) is 1. The Kier molecular flexibility index (Phi) is 9.71. The van der Waals surface area contributed by atoms with Crippen LogP contribution in [-0.4, -0.2) is 75.6 Å². The van der Waals surface area contributed by atoms with Crippen molar-refractivity contribution in [1.29, 1.82) is 0 Å². The largest absolute Gasteiger partial charge is 0.483 e. The summed E-state index contributed by atoms with van der Waals surface area (Å²) in [6, 6.07) is 4.88. The zero-order valence-electron chi connectivity index (χ0n) is 21.4. The van der Waals surface area contributed by atoms with E-state index in [0.717, 1.165) is 4.90 Å². The predicted molar refractivity (Wildman–Crippen MR) is 138 cm³/mol. The molecule has 1 aliphatic heterocycles. The molecule has 0 saturated carbocycles. The first-order valence-corrected chi connectivity index (χ1v) is 12.1. The first-order valence-electron chi connectivity index (χ1n) is 11.7. The number of fused-ring (bicyclic) bond motifs is 1. The molecule has 3 atom stereocenters. The molecule has 1 aliphatic rings. The Morgan fingerprint density at radius 1 is 1.33 bits per heavy atom. The number of alkyl halides is 1. The molecule has 13 heteroatoms. The Bertz CT molecular complexity index is 1400. The minimum absolute atomic E-state index is 0.0911. The van der Waals surface area contributed by atoms with Gasteiger partial charge in [-0.05, 0) is 26.0 Å². The molecule has 1 aromatic carbocycles. The van der Waals surface area contributed by atoms with E-state index in [9.17, 15) is 23.2 Å². The van der Waals surface area contributed by atoms with Crippen molar-refractivity contribution >= 4 is 46.6 Å². The molecule has 0 spiro atoms. The van der Waals surface area contributed by atoms with E-state index in [1.807, 2.05) is 0 Å². The molecule has 1 saturated heterocycles. The number of aryl methyl sites for hydroxylation is 1. The molecule has 0 unspecified atom stereocenters. The number of ketones is 1. The quantitative estimate of drug-likeness (QED) is 0.333. The summed E-state index contributed by atoms with van der Waals surface area (Å²) in [4.78, 5) is 52.3. The number of nitrogens with zero attached hydrogens (tertiary/aromatic N) is 3. The second kappa shape index (κ2) is 12.8. The third-order valence-corrected chi connectivity index (χ3v) is 6.60. The molecule has 1 fully saturated rings. The highest BCUT2D eigenvalue weighted by molar-refractivity contribution is 6.30. The topological polar surface area (TPSA) is 131 Å². The normalized spacial score (nSPS) is 18.4. The van der Waals surface area contributed by atoms with Crippen LogP contribution in [0.3, 0.4) is 0 Å². The number of benzene rings is 1. The fourth-order valence-electron chi connectivity index (χ4n) is 4.52. The molecular formula is C26H27ClF2N4O6. The number of hydrogen-bond donors (Lipinski definition) is 2. The third-order valence-electron chi connectivity index (χ3n) is 6.31. The van der Waals surface area contributed by atoms with E-state index in [0.29, 0.717) is 22.2 Å². The fraction of sp³-hybridized carbons (Fsp3) is 0.346. The van der Waals surface area contributed by atoms with Crippen LogP contribution in [0.1, 0.15) is 28.5 Å². The molecular weight excluding hydrogens is 538 g/mol. The van der Waals surface area contributed by atoms with Gasteiger partial charge in [-0.15, -0.1) is 0 Å². The van der Waals surface area contributed by atoms with Gasteiger partial charge in [0.15, 0.2) is 5.78 Å². The van der Waals surface area contributed by atoms with Crippen molar-refractivity contribution in [2.24, 2.45) is 0 Å². The zero-order valence-corrected chi connectivity index (χ0v) is 22.1. The summed E-state index contributed by atoms with van der Waals surface area (Å²) in [6.45, 7) is 2.17. The van der Waals surface area contributed by atoms with Crippen molar-refractivity contribution < 1.29 is 37.8 Å². The number of aromatic nitrogens is 2. The standard InChI is InChI=1S/C25H25ClF2N4O4.CH2O2/c1-13-7-16-17(14(2)33)10-31(20(16)9-29-13)12-21(34)32-11-19(27)24(36-3)23(32)25(35)30-8-15-5-4-6-18(26)22(15)28;2-1-3/h4-7,9-10,19,23-24H,8,11-12H2,1-3H3,(H,30,35);1H,(H,2,3)/t19-,23-,24+;/m0./s1. The second-order valence-electron chi connectivity index (χ2n) is 8.81. The van der Waals surface area contributed by atoms with Gasteiger partial charge in [0.05, 0.1) is 23.3 Å². The number of hydrogen-bond acceptors (Lipinski definition) is 6. The number of rotatable bonds is 7. The van der Waals surface area contributed by atoms with Gasteiger partial charge in [-0.1, -0.05) is 23.7 Å². The van der Waals surface area contributed by atoms with Crippen LogP contribution in [0.15, 0.2) is 36.7 Å². The Morgan fingerprint density at radius 2 is 2.03 bits per heavy atom. The first-order chi connectivity index (χ1) is 18.5. The maximum absolute atomic E-state index is 14.8. The number of nitrogens with one attached hydrogen (secondary N) is 1. The number of Topliss-reactive ketones (excluding diaryl/α,β-unsaturated/α-hetero) is 1. The van der Waals surface area contributed by atoms with Crippen LogP contribution < -0.4 is 5.32 Å². The SMILES string of the molecule is CO[C@H]1[C@@H](C(=O)NCc2cccc(Cl)c2F)N(C(=O)Cn2cc(C(C)=O)c3cc(C)ncc32)C[C@@H]1F.O=CO. The summed E-state index contributed by atoms with van der Waals surface area (Å²) < 4.78 is 35.8. The van der Waals surface area contributed by atoms with Gasteiger partial charge in [0, 0.05) is 42.1 Å². The van der Waals surface area contributed by atoms with Gasteiger partial charge in [-0.3, -0.25) is 24.2 Å². The molecule has 39 heavy (non-hydrogen) atoms. The average Bonchev–Trinajstić information content (AvgIpc) is 3.42. The number of pyridine rings is 1. The van der Waals surface area contributed by atoms with Crippen LogP contribution in [0.4, 0.5) is 8.78 Å². The average molecular weight is 565 g/mol. The van der Waals surface area contributed by atoms with Crippen molar-refractivity contribution in [3.05, 3.63) is 64.3 Å². The van der Waals surface area contributed by atoms with Crippen molar-refractivity contribution in [3.63, 3.8) is 0 Å². The summed E-state index contributed by atoms with van der Waals surface area (Å²) in [5.41, 5.74) is 1.86. The Hall–Kier alpha value is -3.90. The first kappa shape index (κ1) is 29.7. The highest BCUT2D eigenvalue weighted by atomic mass is 35.5. The molecule has 2 N–H and O–H groups in total. The lowest BCUT2D eigenvalue weighted by Crippen LogP contribution is -2.51. The maximum atomic E-state index is 14.8. The lowest BCUT2D eigenvalue weighted by molar-refractivity contribution is -0.141. The number of halogens is 3. The van der Waals surface area contributed by atoms with Gasteiger partial charge >= 0.3 is 0 Å². The van der Waals surface area contributed by atoms with Gasteiger partial charge in [-0.2, -0.15) is 0 Å². The van der Waals surface area contributed by atoms with Gasteiger partial charge in [0.1, 0.15) is 30.7 Å². The van der Waals surface area contributed by atoms with Crippen LogP contribution in [0.25, 0.3) is 10.9 Å². The van der Waals surface area contributed by atoms with Crippen LogP contribution in [0.5, 0.6) is 0 Å². The van der Waals surface area contributed by atoms with Crippen LogP contribution in [-0.2, 0) is 32.2 Å². The van der Waals surface area contributed by atoms with E-state index in [-0.39, 0.29) is 42.5 Å². The summed E-state index contributed by atoms with van der Waals surface area (Å²) in [5.74, 6) is -2.07. The lowest BCUT2D eigenvalue weighted by Gasteiger charge is -2.26. The third kappa shape index (κ3) is 6.40. The minimum Gasteiger partial charge on any atom is -0.483 e. The zero-order chi connectivity index (χ0) is 28.9. The summed E-state index contributed by atoms with van der Waals surface area (Å²) in [7, 11) is 1.26. The molecule has 0 aliphatic carbocycles. The molecule has 0 bridgehead atoms. The van der Waals surface area contributed by atoms with E-state index in [4.69, 9.17) is 26.2 Å². The summed E-state index contributed by atoms with van der Waals surface area (Å²) >= 11 is 5.80. The highest BCUT2D eigenvalue weighted by Gasteiger charge is 2.48. The summed E-state index contributed by atoms with van der Waals surface area (Å²) in [5, 5.41) is 10.0. The van der Waals surface area contributed by atoms with Gasteiger partial charge in [-0.25, -0.2) is 8.78 Å². The molecule has 10 nitrogen and oxygen atoms in total. The van der Waals surface area contributed by atoms with E-state index in [1.54, 1.807) is 36.0 Å². The van der Waals surface area contributed by atoms with Gasteiger partial charge in [0.25, 0.3) is 6.47 Å². The van der Waals surface area contributed by atoms with Crippen LogP contribution in [0.2, 0.25) is 5.02 Å². The monoisotopic (exact) mass is 564 g/mol. The van der Waals surface area contributed by atoms with E-state index in [1.165, 1.54) is 26.2 Å². The van der Waals surface area contributed by atoms with Crippen molar-refractivity contribution in [3.8, 4) is 0 Å². The Balaban J connectivity index is 0.00000134. The van der Waals surface area contributed by atoms with Crippen molar-refractivity contribution in [1.82, 2.24) is 19.8 Å². The molecule has 3 aromatic rings. The molecule has 208 valence electrons. The second-order valence-corrected chi connectivity index (χ2v) is 9.22. The van der Waals surface area contributed by atoms with Gasteiger partial charge < -0.3 is 24.6 Å². The molecule has 0 radical (unpaired) electrons. The van der Waals surface area contributed by atoms with E-state index >= 15 is 0 Å². The van der Waals surface area contributed by atoms with Crippen LogP contribution in [0, 0.1) is 12.7 Å². The molecule has 3 heterocycles. The number of carboxylic acid groups (broad SMARTS) is 1. The molecule has 4 rings (SSSR count). The minimum atomic E-state index is -1.60. The van der Waals surface area contributed by atoms with E-state index < -0.39 is 35.9 Å². The number of methoxy groups -OCH3 is 1. The number of likely N-dealkylation sites (tertiary alicyclic amines) is 1. The highest BCUT2D eigenvalue weighted by Crippen LogP contribution is 2.27. The van der Waals surface area contributed by atoms with Gasteiger partial charge in [0.2, 0.25) is 11.8 Å². The fourth-order valence-corrected chi connectivity index (χ4v) is 4.71. The number of carbonyl (C=O) groups is 4. The van der Waals surface area contributed by atoms with Crippen LogP contribution >= 0.6 is 11.6 Å². The van der Waals surface area contributed by atoms with Crippen molar-refractivity contribution in [2.75, 3.05) is 13.7 Å². The predicted octanol–water partition coefficient (Wildman–Crippen LogP) is 2.92. The Morgan fingerprint density at radius 3 is 2.67 bits per heavy atom. The number of amides is 2. The number of carbonyl (C=O) groups excluding carboxylic acids is 3. The molecule has 2 amide bonds. The maximum Gasteiger partial charge on any atom is 0.290 e. The Labute approximate surface area is 227 Å². The van der Waals surface area contributed by atoms with E-state index in [2.05, 4.69) is 10.3 Å². The molecule has 2 aromatic heterocycles. The smallest absolute Gasteiger partial charge is 0.290 e. The summed E-state index contributed by atoms with van der Waals surface area (Å²) in [6.07, 6.45) is 0.321.